The van der Waals surface area contributed by atoms with Gasteiger partial charge in [0.05, 0.1) is 6.61 Å². The lowest BCUT2D eigenvalue weighted by atomic mass is 9.94. The highest BCUT2D eigenvalue weighted by Crippen LogP contribution is 2.34. The zero-order valence-corrected chi connectivity index (χ0v) is 11.7. The predicted octanol–water partition coefficient (Wildman–Crippen LogP) is 1.43. The van der Waals surface area contributed by atoms with Crippen molar-refractivity contribution in [2.75, 3.05) is 19.7 Å². The molecular weight excluding hydrogens is 252 g/mol. The van der Waals surface area contributed by atoms with Crippen molar-refractivity contribution >= 4 is 5.91 Å². The molecule has 0 radical (unpaired) electrons. The molecule has 3 atom stereocenters. The lowest BCUT2D eigenvalue weighted by Gasteiger charge is -2.27. The fraction of sp³-hybridized carbons (Fsp3) is 0.562. The van der Waals surface area contributed by atoms with Crippen LogP contribution in [0.2, 0.25) is 0 Å². The van der Waals surface area contributed by atoms with Gasteiger partial charge in [-0.05, 0) is 18.4 Å². The van der Waals surface area contributed by atoms with Gasteiger partial charge in [-0.15, -0.1) is 0 Å². The van der Waals surface area contributed by atoms with E-state index in [2.05, 4.69) is 34.9 Å². The monoisotopic (exact) mass is 274 g/mol. The molecule has 1 aromatic carbocycles. The van der Waals surface area contributed by atoms with Crippen LogP contribution in [0.5, 0.6) is 0 Å². The van der Waals surface area contributed by atoms with E-state index in [-0.39, 0.29) is 18.1 Å². The number of nitrogens with one attached hydrogen (secondary N) is 2. The lowest BCUT2D eigenvalue weighted by Crippen LogP contribution is -2.50. The van der Waals surface area contributed by atoms with Crippen molar-refractivity contribution in [1.82, 2.24) is 10.6 Å². The van der Waals surface area contributed by atoms with Crippen LogP contribution in [0, 0.1) is 0 Å². The van der Waals surface area contributed by atoms with Crippen LogP contribution < -0.4 is 10.6 Å². The average molecular weight is 274 g/mol. The number of hydrogen-bond acceptors (Lipinski definition) is 3. The third-order valence-corrected chi connectivity index (χ3v) is 4.29. The molecule has 3 rings (SSSR count). The van der Waals surface area contributed by atoms with E-state index in [9.17, 15) is 4.79 Å². The molecule has 1 saturated carbocycles. The van der Waals surface area contributed by atoms with Crippen molar-refractivity contribution in [3.63, 3.8) is 0 Å². The minimum absolute atomic E-state index is 0.0324. The third-order valence-electron chi connectivity index (χ3n) is 4.29. The molecule has 0 bridgehead atoms. The van der Waals surface area contributed by atoms with Crippen LogP contribution in [0.25, 0.3) is 0 Å². The highest BCUT2D eigenvalue weighted by atomic mass is 16.5. The Morgan fingerprint density at radius 1 is 1.25 bits per heavy atom. The van der Waals surface area contributed by atoms with Crippen LogP contribution in [-0.2, 0) is 9.53 Å². The quantitative estimate of drug-likeness (QED) is 0.876. The number of rotatable bonds is 3. The minimum atomic E-state index is -0.333. The normalized spacial score (nSPS) is 30.1. The van der Waals surface area contributed by atoms with Gasteiger partial charge in [-0.3, -0.25) is 4.79 Å². The van der Waals surface area contributed by atoms with E-state index in [1.165, 1.54) is 12.0 Å². The van der Waals surface area contributed by atoms with Crippen LogP contribution in [-0.4, -0.2) is 37.7 Å². The molecule has 4 heteroatoms. The van der Waals surface area contributed by atoms with Gasteiger partial charge in [-0.1, -0.05) is 36.8 Å². The number of carbonyl (C=O) groups excluding carboxylic acids is 1. The number of morpholine rings is 1. The molecule has 2 N–H and O–H groups in total. The van der Waals surface area contributed by atoms with Crippen LogP contribution in [0.3, 0.4) is 0 Å². The van der Waals surface area contributed by atoms with E-state index in [1.54, 1.807) is 0 Å². The molecular formula is C16H22N2O2. The number of carbonyl (C=O) groups is 1. The summed E-state index contributed by atoms with van der Waals surface area (Å²) in [6.07, 6.45) is 3.05. The van der Waals surface area contributed by atoms with E-state index in [0.717, 1.165) is 19.4 Å². The molecule has 1 heterocycles. The van der Waals surface area contributed by atoms with E-state index in [1.807, 2.05) is 6.07 Å². The Morgan fingerprint density at radius 3 is 2.85 bits per heavy atom. The highest BCUT2D eigenvalue weighted by molar-refractivity contribution is 5.81. The van der Waals surface area contributed by atoms with Crippen molar-refractivity contribution in [3.05, 3.63) is 35.9 Å². The van der Waals surface area contributed by atoms with Crippen molar-refractivity contribution < 1.29 is 9.53 Å². The van der Waals surface area contributed by atoms with E-state index < -0.39 is 0 Å². The molecule has 2 aliphatic rings. The molecule has 3 unspecified atom stereocenters. The first-order valence-electron chi connectivity index (χ1n) is 7.52. The summed E-state index contributed by atoms with van der Waals surface area (Å²) in [4.78, 5) is 12.3. The molecule has 0 aromatic heterocycles. The molecule has 1 aliphatic heterocycles. The second-order valence-corrected chi connectivity index (χ2v) is 5.63. The highest BCUT2D eigenvalue weighted by Gasteiger charge is 2.32. The number of ether oxygens (including phenoxy) is 1. The topological polar surface area (TPSA) is 50.4 Å². The standard InChI is InChI=1S/C16H22N2O2/c19-16(15-11-17-9-10-20-15)18-14-8-4-7-13(14)12-5-2-1-3-6-12/h1-3,5-6,13-15,17H,4,7-11H2,(H,18,19). The maximum absolute atomic E-state index is 12.3. The van der Waals surface area contributed by atoms with Gasteiger partial charge in [-0.25, -0.2) is 0 Å². The Labute approximate surface area is 119 Å². The van der Waals surface area contributed by atoms with E-state index >= 15 is 0 Å². The lowest BCUT2D eigenvalue weighted by molar-refractivity contribution is -0.135. The van der Waals surface area contributed by atoms with Crippen LogP contribution in [0.1, 0.15) is 30.7 Å². The molecule has 2 fully saturated rings. The summed E-state index contributed by atoms with van der Waals surface area (Å²) < 4.78 is 5.52. The largest absolute Gasteiger partial charge is 0.366 e. The maximum Gasteiger partial charge on any atom is 0.250 e. The first kappa shape index (κ1) is 13.6. The summed E-state index contributed by atoms with van der Waals surface area (Å²) in [6.45, 7) is 2.07. The van der Waals surface area contributed by atoms with Gasteiger partial charge < -0.3 is 15.4 Å². The number of benzene rings is 1. The first-order valence-corrected chi connectivity index (χ1v) is 7.52. The van der Waals surface area contributed by atoms with Gasteiger partial charge in [0.25, 0.3) is 5.91 Å². The van der Waals surface area contributed by atoms with Gasteiger partial charge in [-0.2, -0.15) is 0 Å². The van der Waals surface area contributed by atoms with E-state index in [4.69, 9.17) is 4.74 Å². The Kier molecular flexibility index (Phi) is 4.33. The smallest absolute Gasteiger partial charge is 0.250 e. The summed E-state index contributed by atoms with van der Waals surface area (Å²) in [6, 6.07) is 10.7. The molecule has 1 aliphatic carbocycles. The van der Waals surface area contributed by atoms with Gasteiger partial charge in [0.15, 0.2) is 0 Å². The second kappa shape index (κ2) is 6.37. The number of amides is 1. The molecule has 1 aromatic rings. The van der Waals surface area contributed by atoms with Gasteiger partial charge in [0.1, 0.15) is 6.10 Å². The van der Waals surface area contributed by atoms with E-state index in [0.29, 0.717) is 19.1 Å². The predicted molar refractivity (Wildman–Crippen MR) is 77.6 cm³/mol. The summed E-state index contributed by atoms with van der Waals surface area (Å²) in [5, 5.41) is 6.39. The first-order chi connectivity index (χ1) is 9.84. The van der Waals surface area contributed by atoms with Crippen molar-refractivity contribution in [3.8, 4) is 0 Å². The van der Waals surface area contributed by atoms with Gasteiger partial charge in [0, 0.05) is 25.0 Å². The fourth-order valence-corrected chi connectivity index (χ4v) is 3.24. The number of hydrogen-bond donors (Lipinski definition) is 2. The summed E-state index contributed by atoms with van der Waals surface area (Å²) in [7, 11) is 0. The minimum Gasteiger partial charge on any atom is -0.366 e. The molecule has 4 nitrogen and oxygen atoms in total. The second-order valence-electron chi connectivity index (χ2n) is 5.63. The van der Waals surface area contributed by atoms with Gasteiger partial charge in [0.2, 0.25) is 0 Å². The zero-order valence-electron chi connectivity index (χ0n) is 11.7. The molecule has 0 spiro atoms. The molecule has 108 valence electrons. The zero-order chi connectivity index (χ0) is 13.8. The average Bonchev–Trinajstić information content (AvgIpc) is 2.97. The van der Waals surface area contributed by atoms with Crippen LogP contribution >= 0.6 is 0 Å². The Hall–Kier alpha value is -1.39. The molecule has 20 heavy (non-hydrogen) atoms. The maximum atomic E-state index is 12.3. The van der Waals surface area contributed by atoms with Crippen molar-refractivity contribution in [2.24, 2.45) is 0 Å². The Balaban J connectivity index is 1.62. The van der Waals surface area contributed by atoms with Gasteiger partial charge >= 0.3 is 0 Å². The third kappa shape index (κ3) is 3.02. The summed E-state index contributed by atoms with van der Waals surface area (Å²) in [5.41, 5.74) is 1.33. The summed E-state index contributed by atoms with van der Waals surface area (Å²) in [5.74, 6) is 0.474. The van der Waals surface area contributed by atoms with Crippen LogP contribution in [0.15, 0.2) is 30.3 Å². The van der Waals surface area contributed by atoms with Crippen molar-refractivity contribution in [1.29, 1.82) is 0 Å². The Morgan fingerprint density at radius 2 is 2.10 bits per heavy atom. The molecule has 1 saturated heterocycles. The summed E-state index contributed by atoms with van der Waals surface area (Å²) >= 11 is 0. The fourth-order valence-electron chi connectivity index (χ4n) is 3.24. The molecule has 1 amide bonds. The Bertz CT molecular complexity index is 443. The van der Waals surface area contributed by atoms with Crippen LogP contribution in [0.4, 0.5) is 0 Å². The SMILES string of the molecule is O=C(NC1CCCC1c1ccccc1)C1CNCCO1. The van der Waals surface area contributed by atoms with Crippen molar-refractivity contribution in [2.45, 2.75) is 37.3 Å².